The van der Waals surface area contributed by atoms with Crippen LogP contribution in [0.2, 0.25) is 0 Å². The number of fused-ring (bicyclic) bond motifs is 1. The van der Waals surface area contributed by atoms with Crippen molar-refractivity contribution in [2.75, 3.05) is 20.7 Å². The smallest absolute Gasteiger partial charge is 0.432 e. The van der Waals surface area contributed by atoms with Crippen LogP contribution in [-0.2, 0) is 20.0 Å². The van der Waals surface area contributed by atoms with Gasteiger partial charge in [-0.1, -0.05) is 0 Å². The van der Waals surface area contributed by atoms with Crippen molar-refractivity contribution in [3.05, 3.63) is 58.8 Å². The number of alkyl halides is 3. The molecule has 2 aromatic heterocycles. The number of ether oxygens (including phenoxy) is 1. The molecule has 3 aliphatic rings. The van der Waals surface area contributed by atoms with Gasteiger partial charge < -0.3 is 25.6 Å². The molecule has 2 aromatic rings. The largest absolute Gasteiger partial charge is 0.480 e. The third-order valence-electron chi connectivity index (χ3n) is 6.75. The molecule has 0 aromatic carbocycles. The lowest BCUT2D eigenvalue weighted by molar-refractivity contribution is -0.0951. The fourth-order valence-electron chi connectivity index (χ4n) is 4.70. The van der Waals surface area contributed by atoms with Crippen LogP contribution in [0.4, 0.5) is 13.2 Å². The molecule has 4 N–H and O–H groups in total. The molecule has 1 fully saturated rings. The molecule has 196 valence electrons. The van der Waals surface area contributed by atoms with Gasteiger partial charge in [0.25, 0.3) is 0 Å². The molecular weight excluding hydrogens is 487 g/mol. The average Bonchev–Trinajstić information content (AvgIpc) is 3.56. The van der Waals surface area contributed by atoms with Crippen molar-refractivity contribution in [1.82, 2.24) is 34.9 Å². The van der Waals surface area contributed by atoms with Gasteiger partial charge in [0, 0.05) is 57.0 Å². The van der Waals surface area contributed by atoms with Crippen LogP contribution >= 0.6 is 0 Å². The number of hydrogen-bond acceptors (Lipinski definition) is 8. The topological polar surface area (TPSA) is 121 Å². The highest BCUT2D eigenvalue weighted by Crippen LogP contribution is 2.46. The van der Waals surface area contributed by atoms with E-state index < -0.39 is 11.9 Å². The predicted octanol–water partition coefficient (Wildman–Crippen LogP) is 2.72. The molecule has 0 saturated heterocycles. The fourth-order valence-corrected chi connectivity index (χ4v) is 4.70. The van der Waals surface area contributed by atoms with Gasteiger partial charge in [-0.3, -0.25) is 10.1 Å². The van der Waals surface area contributed by atoms with Crippen LogP contribution in [-0.4, -0.2) is 62.3 Å². The Labute approximate surface area is 211 Å². The summed E-state index contributed by atoms with van der Waals surface area (Å²) in [5, 5.41) is 15.7. The first kappa shape index (κ1) is 24.7. The van der Waals surface area contributed by atoms with E-state index >= 15 is 0 Å². The van der Waals surface area contributed by atoms with Gasteiger partial charge in [-0.25, -0.2) is 9.97 Å². The molecule has 1 aliphatic carbocycles. The van der Waals surface area contributed by atoms with E-state index in [2.05, 4.69) is 15.3 Å². The second kappa shape index (κ2) is 9.12. The summed E-state index contributed by atoms with van der Waals surface area (Å²) in [6, 6.07) is 0. The summed E-state index contributed by atoms with van der Waals surface area (Å²) in [7, 11) is 4.95. The number of aromatic nitrogens is 4. The lowest BCUT2D eigenvalue weighted by Gasteiger charge is -2.29. The lowest BCUT2D eigenvalue weighted by Crippen LogP contribution is -2.35. The number of rotatable bonds is 5. The highest BCUT2D eigenvalue weighted by atomic mass is 19.4. The Morgan fingerprint density at radius 2 is 2.00 bits per heavy atom. The molecular formula is C24H28F3N9O. The van der Waals surface area contributed by atoms with Gasteiger partial charge >= 0.3 is 6.18 Å². The number of aryl methyl sites for hydroxylation is 1. The highest BCUT2D eigenvalue weighted by molar-refractivity contribution is 5.91. The maximum Gasteiger partial charge on any atom is 0.432 e. The molecule has 0 radical (unpaired) electrons. The molecule has 13 heteroatoms. The number of nitrogens with two attached hydrogens (primary N) is 1. The van der Waals surface area contributed by atoms with Gasteiger partial charge in [-0.05, 0) is 25.0 Å². The molecule has 0 amide bonds. The summed E-state index contributed by atoms with van der Waals surface area (Å²) in [6.45, 7) is 1.01. The molecule has 5 rings (SSSR count). The zero-order valence-electron chi connectivity index (χ0n) is 20.7. The number of methoxy groups -OCH3 is 1. The minimum Gasteiger partial charge on any atom is -0.480 e. The Morgan fingerprint density at radius 3 is 2.65 bits per heavy atom. The van der Waals surface area contributed by atoms with E-state index in [1.807, 2.05) is 16.6 Å². The Hall–Kier alpha value is -4.03. The molecule has 0 bridgehead atoms. The monoisotopic (exact) mass is 515 g/mol. The van der Waals surface area contributed by atoms with Crippen molar-refractivity contribution >= 4 is 5.84 Å². The van der Waals surface area contributed by atoms with Gasteiger partial charge in [0.1, 0.15) is 29.4 Å². The van der Waals surface area contributed by atoms with Crippen LogP contribution in [0.3, 0.4) is 0 Å². The van der Waals surface area contributed by atoms with Crippen LogP contribution in [0, 0.1) is 5.41 Å². The predicted molar refractivity (Wildman–Crippen MR) is 130 cm³/mol. The summed E-state index contributed by atoms with van der Waals surface area (Å²) in [4.78, 5) is 12.0. The Balaban J connectivity index is 1.39. The fraction of sp³-hybridized carbons (Fsp3) is 0.417. The second-order valence-electron chi connectivity index (χ2n) is 9.29. The number of halogens is 3. The van der Waals surface area contributed by atoms with Crippen molar-refractivity contribution in [3.63, 3.8) is 0 Å². The molecule has 0 atom stereocenters. The van der Waals surface area contributed by atoms with E-state index in [-0.39, 0.29) is 17.4 Å². The average molecular weight is 516 g/mol. The summed E-state index contributed by atoms with van der Waals surface area (Å²) >= 11 is 0. The number of hydrogen-bond donors (Lipinski definition) is 3. The number of allylic oxidation sites excluding steroid dienone is 2. The maximum atomic E-state index is 13.0. The van der Waals surface area contributed by atoms with Crippen molar-refractivity contribution in [2.45, 2.75) is 37.9 Å². The van der Waals surface area contributed by atoms with E-state index in [0.29, 0.717) is 31.3 Å². The first-order valence-electron chi connectivity index (χ1n) is 11.8. The summed E-state index contributed by atoms with van der Waals surface area (Å²) in [5.41, 5.74) is 9.76. The molecule has 0 spiro atoms. The maximum absolute atomic E-state index is 13.0. The number of nitrogens with one attached hydrogen (secondary N) is 2. The van der Waals surface area contributed by atoms with Crippen LogP contribution in [0.1, 0.15) is 35.7 Å². The van der Waals surface area contributed by atoms with Crippen LogP contribution in [0.5, 0.6) is 5.88 Å². The van der Waals surface area contributed by atoms with Gasteiger partial charge in [0.15, 0.2) is 0 Å². The van der Waals surface area contributed by atoms with E-state index in [9.17, 15) is 13.2 Å². The van der Waals surface area contributed by atoms with Crippen molar-refractivity contribution in [3.8, 4) is 17.1 Å². The van der Waals surface area contributed by atoms with Crippen LogP contribution in [0.15, 0.2) is 41.9 Å². The van der Waals surface area contributed by atoms with Crippen LogP contribution < -0.4 is 15.8 Å². The highest BCUT2D eigenvalue weighted by Gasteiger charge is 2.38. The normalized spacial score (nSPS) is 19.1. The van der Waals surface area contributed by atoms with E-state index in [1.54, 1.807) is 7.11 Å². The standard InChI is InChI=1S/C24H28F3N9O/c1-34-11-17(24(25,26)27)32-22(34)15(28)6-7-18(29)36-9-8-16-14(10-36)21(33-35(16)2)19-20(13-4-5-13)30-12-31-23(19)37-3/h6-7,11-13,29,32H,4-5,8-10,28H2,1-3H3. The third kappa shape index (κ3) is 4.60. The quantitative estimate of drug-likeness (QED) is 0.411. The first-order valence-corrected chi connectivity index (χ1v) is 11.8. The van der Waals surface area contributed by atoms with Gasteiger partial charge in [0.05, 0.1) is 24.1 Å². The Kier molecular flexibility index (Phi) is 6.08. The molecule has 4 heterocycles. The summed E-state index contributed by atoms with van der Waals surface area (Å²) in [5.74, 6) is 1.13. The van der Waals surface area contributed by atoms with Crippen molar-refractivity contribution in [1.29, 1.82) is 5.41 Å². The molecule has 0 unspecified atom stereocenters. The third-order valence-corrected chi connectivity index (χ3v) is 6.75. The molecule has 37 heavy (non-hydrogen) atoms. The Bertz CT molecular complexity index is 1340. The number of amidine groups is 1. The van der Waals surface area contributed by atoms with Crippen molar-refractivity contribution in [2.24, 2.45) is 12.8 Å². The van der Waals surface area contributed by atoms with E-state index in [1.165, 1.54) is 30.4 Å². The van der Waals surface area contributed by atoms with E-state index in [4.69, 9.17) is 21.0 Å². The van der Waals surface area contributed by atoms with Crippen molar-refractivity contribution < 1.29 is 17.9 Å². The molecule has 2 aliphatic heterocycles. The first-order chi connectivity index (χ1) is 17.6. The number of nitrogens with zero attached hydrogens (tertiary/aromatic N) is 6. The minimum absolute atomic E-state index is 0.0859. The molecule has 10 nitrogen and oxygen atoms in total. The zero-order valence-corrected chi connectivity index (χ0v) is 20.7. The Morgan fingerprint density at radius 1 is 1.24 bits per heavy atom. The zero-order chi connectivity index (χ0) is 26.5. The molecule has 1 saturated carbocycles. The van der Waals surface area contributed by atoms with Gasteiger partial charge in [-0.2, -0.15) is 18.3 Å². The lowest BCUT2D eigenvalue weighted by atomic mass is 9.99. The van der Waals surface area contributed by atoms with Gasteiger partial charge in [0.2, 0.25) is 5.88 Å². The van der Waals surface area contributed by atoms with Crippen LogP contribution in [0.25, 0.3) is 11.3 Å². The summed E-state index contributed by atoms with van der Waals surface area (Å²) in [6.07, 6.45) is 3.67. The van der Waals surface area contributed by atoms with Gasteiger partial charge in [-0.15, -0.1) is 0 Å². The van der Waals surface area contributed by atoms with E-state index in [0.717, 1.165) is 47.3 Å². The second-order valence-corrected chi connectivity index (χ2v) is 9.29. The summed E-state index contributed by atoms with van der Waals surface area (Å²) < 4.78 is 46.5. The minimum atomic E-state index is -4.51. The SMILES string of the molecule is COc1ncnc(C2CC2)c1-c1nn(C)c2c1CN(C(=N)C=CC(N)=C1NC(C(F)(F)F)=CN1C)CC2.